The number of nitrogens with two attached hydrogens (primary N) is 2. The summed E-state index contributed by atoms with van der Waals surface area (Å²) in [5, 5.41) is 0. The monoisotopic (exact) mass is 239 g/mol. The van der Waals surface area contributed by atoms with Gasteiger partial charge < -0.3 is 16.4 Å². The van der Waals surface area contributed by atoms with Crippen LogP contribution in [-0.4, -0.2) is 36.5 Å². The highest BCUT2D eigenvalue weighted by molar-refractivity contribution is 5.77. The molecule has 1 aliphatic heterocycles. The van der Waals surface area contributed by atoms with Gasteiger partial charge in [0, 0.05) is 25.6 Å². The maximum absolute atomic E-state index is 12.2. The Morgan fingerprint density at radius 2 is 2.00 bits per heavy atom. The molecule has 1 saturated carbocycles. The van der Waals surface area contributed by atoms with Gasteiger partial charge in [-0.1, -0.05) is 19.3 Å². The fraction of sp³-hybridized carbons (Fsp3) is 0.923. The zero-order valence-corrected chi connectivity index (χ0v) is 10.7. The van der Waals surface area contributed by atoms with Crippen LogP contribution in [0.3, 0.4) is 0 Å². The van der Waals surface area contributed by atoms with E-state index in [4.69, 9.17) is 11.5 Å². The van der Waals surface area contributed by atoms with Crippen LogP contribution in [-0.2, 0) is 4.79 Å². The van der Waals surface area contributed by atoms with Crippen molar-refractivity contribution in [1.29, 1.82) is 0 Å². The highest BCUT2D eigenvalue weighted by Crippen LogP contribution is 2.38. The molecule has 1 heterocycles. The molecule has 0 aromatic rings. The van der Waals surface area contributed by atoms with Gasteiger partial charge in [-0.15, -0.1) is 0 Å². The van der Waals surface area contributed by atoms with Crippen molar-refractivity contribution in [3.05, 3.63) is 0 Å². The SMILES string of the molecule is NCC1(CC(=O)N2CC[C@@H](N)C2)CCCCC1. The fourth-order valence-corrected chi connectivity index (χ4v) is 3.20. The van der Waals surface area contributed by atoms with Crippen molar-refractivity contribution in [2.75, 3.05) is 19.6 Å². The standard InChI is InChI=1S/C13H25N3O/c14-10-13(5-2-1-3-6-13)8-12(17)16-7-4-11(15)9-16/h11H,1-10,14-15H2/t11-/m1/s1. The molecule has 0 aromatic heterocycles. The van der Waals surface area contributed by atoms with Gasteiger partial charge in [-0.25, -0.2) is 0 Å². The van der Waals surface area contributed by atoms with E-state index in [-0.39, 0.29) is 17.4 Å². The molecule has 2 rings (SSSR count). The maximum Gasteiger partial charge on any atom is 0.223 e. The Hall–Kier alpha value is -0.610. The maximum atomic E-state index is 12.2. The summed E-state index contributed by atoms with van der Waals surface area (Å²) in [6, 6.07) is 0.180. The van der Waals surface area contributed by atoms with Gasteiger partial charge in [0.15, 0.2) is 0 Å². The van der Waals surface area contributed by atoms with Crippen molar-refractivity contribution in [2.45, 2.75) is 51.0 Å². The first kappa shape index (κ1) is 12.8. The summed E-state index contributed by atoms with van der Waals surface area (Å²) >= 11 is 0. The molecule has 4 nitrogen and oxygen atoms in total. The van der Waals surface area contributed by atoms with Gasteiger partial charge in [0.05, 0.1) is 0 Å². The van der Waals surface area contributed by atoms with E-state index >= 15 is 0 Å². The second kappa shape index (κ2) is 5.36. The van der Waals surface area contributed by atoms with E-state index in [2.05, 4.69) is 0 Å². The van der Waals surface area contributed by atoms with Gasteiger partial charge in [0.25, 0.3) is 0 Å². The Morgan fingerprint density at radius 1 is 1.29 bits per heavy atom. The van der Waals surface area contributed by atoms with Crippen LogP contribution >= 0.6 is 0 Å². The van der Waals surface area contributed by atoms with E-state index in [1.165, 1.54) is 19.3 Å². The summed E-state index contributed by atoms with van der Waals surface area (Å²) < 4.78 is 0. The minimum absolute atomic E-state index is 0.0853. The lowest BCUT2D eigenvalue weighted by molar-refractivity contribution is -0.133. The Morgan fingerprint density at radius 3 is 2.53 bits per heavy atom. The topological polar surface area (TPSA) is 72.4 Å². The highest BCUT2D eigenvalue weighted by Gasteiger charge is 2.35. The Bertz CT molecular complexity index is 274. The largest absolute Gasteiger partial charge is 0.341 e. The lowest BCUT2D eigenvalue weighted by atomic mass is 9.71. The lowest BCUT2D eigenvalue weighted by Crippen LogP contribution is -2.40. The average molecular weight is 239 g/mol. The van der Waals surface area contributed by atoms with E-state index in [1.54, 1.807) is 0 Å². The van der Waals surface area contributed by atoms with Crippen LogP contribution in [0.25, 0.3) is 0 Å². The summed E-state index contributed by atoms with van der Waals surface area (Å²) in [5.41, 5.74) is 11.8. The summed E-state index contributed by atoms with van der Waals surface area (Å²) in [4.78, 5) is 14.2. The second-order valence-electron chi connectivity index (χ2n) is 5.83. The molecule has 0 spiro atoms. The van der Waals surface area contributed by atoms with Crippen LogP contribution in [0.4, 0.5) is 0 Å². The first-order valence-corrected chi connectivity index (χ1v) is 6.89. The van der Waals surface area contributed by atoms with E-state index in [1.807, 2.05) is 4.90 Å². The lowest BCUT2D eigenvalue weighted by Gasteiger charge is -2.36. The van der Waals surface area contributed by atoms with Gasteiger partial charge in [-0.05, 0) is 31.2 Å². The number of rotatable bonds is 3. The van der Waals surface area contributed by atoms with Crippen LogP contribution in [0.1, 0.15) is 44.9 Å². The molecule has 0 unspecified atom stereocenters. The Kier molecular flexibility index (Phi) is 4.05. The van der Waals surface area contributed by atoms with Crippen LogP contribution in [0.2, 0.25) is 0 Å². The fourth-order valence-electron chi connectivity index (χ4n) is 3.20. The molecular weight excluding hydrogens is 214 g/mol. The van der Waals surface area contributed by atoms with Gasteiger partial charge in [-0.2, -0.15) is 0 Å². The van der Waals surface area contributed by atoms with Gasteiger partial charge in [0.2, 0.25) is 5.91 Å². The van der Waals surface area contributed by atoms with Crippen molar-refractivity contribution >= 4 is 5.91 Å². The molecule has 98 valence electrons. The predicted octanol–water partition coefficient (Wildman–Crippen LogP) is 0.845. The normalized spacial score (nSPS) is 28.4. The number of carbonyl (C=O) groups excluding carboxylic acids is 1. The third-order valence-corrected chi connectivity index (χ3v) is 4.45. The van der Waals surface area contributed by atoms with Gasteiger partial charge in [0.1, 0.15) is 0 Å². The van der Waals surface area contributed by atoms with Gasteiger partial charge in [-0.3, -0.25) is 4.79 Å². The minimum Gasteiger partial charge on any atom is -0.341 e. The summed E-state index contributed by atoms with van der Waals surface area (Å²) in [7, 11) is 0. The molecule has 0 radical (unpaired) electrons. The third kappa shape index (κ3) is 2.99. The highest BCUT2D eigenvalue weighted by atomic mass is 16.2. The van der Waals surface area contributed by atoms with Crippen molar-refractivity contribution in [1.82, 2.24) is 4.90 Å². The number of amides is 1. The molecule has 2 fully saturated rings. The molecule has 2 aliphatic rings. The predicted molar refractivity (Wildman–Crippen MR) is 68.4 cm³/mol. The molecule has 17 heavy (non-hydrogen) atoms. The third-order valence-electron chi connectivity index (χ3n) is 4.45. The van der Waals surface area contributed by atoms with E-state index in [9.17, 15) is 4.79 Å². The first-order valence-electron chi connectivity index (χ1n) is 6.89. The number of likely N-dealkylation sites (tertiary alicyclic amines) is 1. The first-order chi connectivity index (χ1) is 8.15. The van der Waals surface area contributed by atoms with E-state index in [0.29, 0.717) is 13.0 Å². The average Bonchev–Trinajstić information content (AvgIpc) is 2.77. The molecule has 1 amide bonds. The van der Waals surface area contributed by atoms with Crippen molar-refractivity contribution < 1.29 is 4.79 Å². The van der Waals surface area contributed by atoms with Crippen LogP contribution in [0.5, 0.6) is 0 Å². The summed E-state index contributed by atoms with van der Waals surface area (Å²) in [5.74, 6) is 0.269. The van der Waals surface area contributed by atoms with Crippen LogP contribution in [0, 0.1) is 5.41 Å². The smallest absolute Gasteiger partial charge is 0.223 e. The molecule has 4 heteroatoms. The van der Waals surface area contributed by atoms with Crippen molar-refractivity contribution in [3.63, 3.8) is 0 Å². The molecule has 1 saturated heterocycles. The second-order valence-corrected chi connectivity index (χ2v) is 5.83. The number of nitrogens with zero attached hydrogens (tertiary/aromatic N) is 1. The molecule has 4 N–H and O–H groups in total. The van der Waals surface area contributed by atoms with Crippen molar-refractivity contribution in [2.24, 2.45) is 16.9 Å². The zero-order valence-electron chi connectivity index (χ0n) is 10.7. The number of hydrogen-bond donors (Lipinski definition) is 2. The van der Waals surface area contributed by atoms with Crippen LogP contribution < -0.4 is 11.5 Å². The van der Waals surface area contributed by atoms with Gasteiger partial charge >= 0.3 is 0 Å². The number of carbonyl (C=O) groups is 1. The zero-order chi connectivity index (χ0) is 12.3. The van der Waals surface area contributed by atoms with E-state index < -0.39 is 0 Å². The molecule has 1 atom stereocenters. The van der Waals surface area contributed by atoms with Crippen LogP contribution in [0.15, 0.2) is 0 Å². The molecule has 1 aliphatic carbocycles. The molecule has 0 aromatic carbocycles. The molecule has 0 bridgehead atoms. The quantitative estimate of drug-likeness (QED) is 0.766. The van der Waals surface area contributed by atoms with Crippen molar-refractivity contribution in [3.8, 4) is 0 Å². The van der Waals surface area contributed by atoms with E-state index in [0.717, 1.165) is 32.4 Å². The minimum atomic E-state index is 0.0853. The Labute approximate surface area is 104 Å². The summed E-state index contributed by atoms with van der Waals surface area (Å²) in [6.45, 7) is 2.22. The number of hydrogen-bond acceptors (Lipinski definition) is 3. The Balaban J connectivity index is 1.91. The molecular formula is C13H25N3O. The summed E-state index contributed by atoms with van der Waals surface area (Å²) in [6.07, 6.45) is 7.57.